The van der Waals surface area contributed by atoms with Crippen molar-refractivity contribution in [1.82, 2.24) is 4.98 Å². The monoisotopic (exact) mass is 373 g/mol. The molecule has 1 aliphatic carbocycles. The molecule has 2 aromatic rings. The predicted molar refractivity (Wildman–Crippen MR) is 108 cm³/mol. The molecule has 0 spiro atoms. The van der Waals surface area contributed by atoms with E-state index in [4.69, 9.17) is 0 Å². The highest BCUT2D eigenvalue weighted by molar-refractivity contribution is 6.15. The number of ketones is 1. The number of carbonyl (C=O) groups is 1. The molecule has 0 saturated heterocycles. The normalized spacial score (nSPS) is 20.2. The molecule has 0 radical (unpaired) electrons. The lowest BCUT2D eigenvalue weighted by atomic mass is 9.83. The van der Waals surface area contributed by atoms with Gasteiger partial charge in [-0.25, -0.2) is 0 Å². The summed E-state index contributed by atoms with van der Waals surface area (Å²) < 4.78 is 0. The fourth-order valence-electron chi connectivity index (χ4n) is 3.97. The van der Waals surface area contributed by atoms with Crippen molar-refractivity contribution in [3.05, 3.63) is 99.0 Å². The van der Waals surface area contributed by atoms with Crippen molar-refractivity contribution in [2.24, 2.45) is 0 Å². The number of nitrogens with zero attached hydrogens (tertiary/aromatic N) is 3. The van der Waals surface area contributed by atoms with Crippen LogP contribution >= 0.6 is 0 Å². The molecule has 0 fully saturated rings. The maximum absolute atomic E-state index is 12.8. The highest BCUT2D eigenvalue weighted by atomic mass is 16.6. The van der Waals surface area contributed by atoms with E-state index in [0.29, 0.717) is 0 Å². The summed E-state index contributed by atoms with van der Waals surface area (Å²) in [4.78, 5) is 30.0. The molecular formula is C22H19N3O3. The second kappa shape index (κ2) is 6.27. The van der Waals surface area contributed by atoms with E-state index in [9.17, 15) is 14.9 Å². The third-order valence-electron chi connectivity index (χ3n) is 5.41. The Morgan fingerprint density at radius 1 is 1.14 bits per heavy atom. The molecule has 140 valence electrons. The van der Waals surface area contributed by atoms with E-state index in [1.807, 2.05) is 25.3 Å². The van der Waals surface area contributed by atoms with Gasteiger partial charge in [-0.1, -0.05) is 32.0 Å². The minimum absolute atomic E-state index is 0.115. The summed E-state index contributed by atoms with van der Waals surface area (Å²) in [6, 6.07) is 11.3. The zero-order valence-electron chi connectivity index (χ0n) is 15.8. The maximum Gasteiger partial charge on any atom is 0.279 e. The first-order chi connectivity index (χ1) is 13.3. The number of rotatable bonds is 2. The van der Waals surface area contributed by atoms with Crippen LogP contribution < -0.4 is 4.90 Å². The molecule has 0 unspecified atom stereocenters. The first-order valence-corrected chi connectivity index (χ1v) is 8.94. The van der Waals surface area contributed by atoms with Gasteiger partial charge in [-0.2, -0.15) is 0 Å². The lowest BCUT2D eigenvalue weighted by Crippen LogP contribution is -2.23. The fraction of sp³-hybridized carbons (Fsp3) is 0.182. The van der Waals surface area contributed by atoms with E-state index in [1.54, 1.807) is 18.2 Å². The quantitative estimate of drug-likeness (QED) is 0.449. The third kappa shape index (κ3) is 2.57. The SMILES string of the molecule is CN1/C(=C\C=C2\C=C([N+](=O)[O-])c3cccnc3C2=O)C(C)(C)c2ccccc21. The number of nitro groups is 1. The van der Waals surface area contributed by atoms with Crippen molar-refractivity contribution in [3.63, 3.8) is 0 Å². The van der Waals surface area contributed by atoms with Crippen LogP contribution in [0, 0.1) is 10.1 Å². The van der Waals surface area contributed by atoms with Gasteiger partial charge in [0.15, 0.2) is 0 Å². The largest absolute Gasteiger partial charge is 0.347 e. The average molecular weight is 373 g/mol. The number of allylic oxidation sites excluding steroid dienone is 5. The van der Waals surface area contributed by atoms with E-state index < -0.39 is 4.92 Å². The van der Waals surface area contributed by atoms with Gasteiger partial charge in [-0.3, -0.25) is 19.9 Å². The second-order valence-corrected chi connectivity index (χ2v) is 7.39. The summed E-state index contributed by atoms with van der Waals surface area (Å²) >= 11 is 0. The minimum Gasteiger partial charge on any atom is -0.347 e. The number of aromatic nitrogens is 1. The van der Waals surface area contributed by atoms with Gasteiger partial charge < -0.3 is 4.90 Å². The number of pyridine rings is 1. The van der Waals surface area contributed by atoms with Crippen LogP contribution in [0.1, 0.15) is 35.5 Å². The molecule has 0 amide bonds. The topological polar surface area (TPSA) is 76.3 Å². The van der Waals surface area contributed by atoms with E-state index >= 15 is 0 Å². The summed E-state index contributed by atoms with van der Waals surface area (Å²) in [6.45, 7) is 4.25. The molecule has 1 aromatic heterocycles. The van der Waals surface area contributed by atoms with E-state index in [0.717, 1.165) is 11.4 Å². The van der Waals surface area contributed by atoms with Crippen molar-refractivity contribution < 1.29 is 9.72 Å². The minimum atomic E-state index is -0.477. The van der Waals surface area contributed by atoms with E-state index in [2.05, 4.69) is 35.9 Å². The van der Waals surface area contributed by atoms with E-state index in [-0.39, 0.29) is 33.7 Å². The first-order valence-electron chi connectivity index (χ1n) is 8.94. The number of fused-ring (bicyclic) bond motifs is 2. The molecule has 6 heteroatoms. The van der Waals surface area contributed by atoms with Gasteiger partial charge in [0.25, 0.3) is 5.70 Å². The van der Waals surface area contributed by atoms with Crippen LogP contribution in [0.15, 0.2) is 72.1 Å². The smallest absolute Gasteiger partial charge is 0.279 e. The number of Topliss-reactive ketones (excluding diaryl/α,β-unsaturated/α-hetero) is 1. The summed E-state index contributed by atoms with van der Waals surface area (Å²) in [5.74, 6) is -0.311. The lowest BCUT2D eigenvalue weighted by Gasteiger charge is -2.24. The zero-order chi connectivity index (χ0) is 20.1. The second-order valence-electron chi connectivity index (χ2n) is 7.39. The van der Waals surface area contributed by atoms with Crippen LogP contribution in [0.5, 0.6) is 0 Å². The summed E-state index contributed by atoms with van der Waals surface area (Å²) in [5.41, 5.74) is 3.59. The van der Waals surface area contributed by atoms with Crippen LogP contribution in [0.2, 0.25) is 0 Å². The Morgan fingerprint density at radius 3 is 2.61 bits per heavy atom. The van der Waals surface area contributed by atoms with Crippen molar-refractivity contribution in [1.29, 1.82) is 0 Å². The molecule has 6 nitrogen and oxygen atoms in total. The Bertz CT molecular complexity index is 1110. The Hall–Kier alpha value is -3.54. The van der Waals surface area contributed by atoms with Gasteiger partial charge >= 0.3 is 0 Å². The molecule has 0 N–H and O–H groups in total. The lowest BCUT2D eigenvalue weighted by molar-refractivity contribution is -0.375. The molecule has 0 saturated carbocycles. The molecule has 0 bridgehead atoms. The van der Waals surface area contributed by atoms with Crippen molar-refractivity contribution in [3.8, 4) is 0 Å². The zero-order valence-corrected chi connectivity index (χ0v) is 15.8. The van der Waals surface area contributed by atoms with Gasteiger partial charge in [0.05, 0.1) is 10.5 Å². The van der Waals surface area contributed by atoms with Crippen LogP contribution in [0.25, 0.3) is 5.70 Å². The Kier molecular flexibility index (Phi) is 4.00. The van der Waals surface area contributed by atoms with Crippen LogP contribution in [-0.4, -0.2) is 22.7 Å². The van der Waals surface area contributed by atoms with Crippen LogP contribution in [-0.2, 0) is 5.41 Å². The number of hydrogen-bond acceptors (Lipinski definition) is 5. The fourth-order valence-corrected chi connectivity index (χ4v) is 3.97. The van der Waals surface area contributed by atoms with Gasteiger partial charge in [-0.05, 0) is 35.9 Å². The van der Waals surface area contributed by atoms with Gasteiger partial charge in [-0.15, -0.1) is 0 Å². The molecular weight excluding hydrogens is 354 g/mol. The van der Waals surface area contributed by atoms with Gasteiger partial charge in [0.1, 0.15) is 5.69 Å². The highest BCUT2D eigenvalue weighted by Crippen LogP contribution is 2.46. The molecule has 2 heterocycles. The number of anilines is 1. The standard InChI is InChI=1S/C22H19N3O3/c1-22(2)16-8-4-5-9-17(16)24(3)19(22)11-10-14-13-18(25(27)28)15-7-6-12-23-20(15)21(14)26/h4-13H,1-3H3/b14-10-,19-11-. The Balaban J connectivity index is 1.81. The Labute approximate surface area is 162 Å². The summed E-state index contributed by atoms with van der Waals surface area (Å²) in [5, 5.41) is 11.5. The average Bonchev–Trinajstić information content (AvgIpc) is 2.88. The molecule has 4 rings (SSSR count). The number of hydrogen-bond donors (Lipinski definition) is 0. The Morgan fingerprint density at radius 2 is 1.89 bits per heavy atom. The summed E-state index contributed by atoms with van der Waals surface area (Å²) in [6.07, 6.45) is 6.33. The van der Waals surface area contributed by atoms with Crippen LogP contribution in [0.3, 0.4) is 0 Å². The van der Waals surface area contributed by atoms with E-state index in [1.165, 1.54) is 17.8 Å². The molecule has 2 aliphatic rings. The predicted octanol–water partition coefficient (Wildman–Crippen LogP) is 4.13. The highest BCUT2D eigenvalue weighted by Gasteiger charge is 2.38. The van der Waals surface area contributed by atoms with Gasteiger partial charge in [0, 0.05) is 41.7 Å². The third-order valence-corrected chi connectivity index (χ3v) is 5.41. The number of para-hydroxylation sites is 1. The number of benzene rings is 1. The molecule has 0 atom stereocenters. The van der Waals surface area contributed by atoms with Crippen molar-refractivity contribution >= 4 is 17.2 Å². The maximum atomic E-state index is 12.8. The summed E-state index contributed by atoms with van der Waals surface area (Å²) in [7, 11) is 1.98. The van der Waals surface area contributed by atoms with Crippen LogP contribution in [0.4, 0.5) is 5.69 Å². The number of likely N-dealkylation sites (N-methyl/N-ethyl adjacent to an activating group) is 1. The van der Waals surface area contributed by atoms with Crippen molar-refractivity contribution in [2.75, 3.05) is 11.9 Å². The number of carbonyl (C=O) groups excluding carboxylic acids is 1. The molecule has 28 heavy (non-hydrogen) atoms. The molecule has 1 aliphatic heterocycles. The first kappa shape index (κ1) is 17.9. The van der Waals surface area contributed by atoms with Crippen molar-refractivity contribution in [2.45, 2.75) is 19.3 Å². The van der Waals surface area contributed by atoms with Gasteiger partial charge in [0.2, 0.25) is 5.78 Å². The molecule has 1 aromatic carbocycles.